The highest BCUT2D eigenvalue weighted by Gasteiger charge is 2.27. The molecule has 0 unspecified atom stereocenters. The Morgan fingerprint density at radius 2 is 2.04 bits per heavy atom. The SMILES string of the molecule is NCCCC[C@H](NC(=O)[C@@H]1CCCN1)C(=O)Nc1ccc([N+](=O)[O-])cc1. The quantitative estimate of drug-likeness (QED) is 0.292. The van der Waals surface area contributed by atoms with E-state index in [4.69, 9.17) is 5.73 Å². The molecule has 0 spiro atoms. The zero-order chi connectivity index (χ0) is 18.9. The number of amides is 2. The number of carbonyl (C=O) groups excluding carboxylic acids is 2. The van der Waals surface area contributed by atoms with Crippen LogP contribution in [0, 0.1) is 10.1 Å². The highest BCUT2D eigenvalue weighted by atomic mass is 16.6. The Bertz CT molecular complexity index is 629. The standard InChI is InChI=1S/C17H25N5O4/c18-10-2-1-4-15(21-16(23)14-5-3-11-19-14)17(24)20-12-6-8-13(9-7-12)22(25)26/h6-9,14-15,19H,1-5,10-11,18H2,(H,20,24)(H,21,23)/t14-,15-/m0/s1. The lowest BCUT2D eigenvalue weighted by molar-refractivity contribution is -0.384. The molecule has 1 aromatic carbocycles. The molecule has 2 amide bonds. The minimum Gasteiger partial charge on any atom is -0.343 e. The molecule has 0 aliphatic carbocycles. The lowest BCUT2D eigenvalue weighted by Crippen LogP contribution is -2.49. The molecule has 2 rings (SSSR count). The number of anilines is 1. The van der Waals surface area contributed by atoms with E-state index in [1.54, 1.807) is 0 Å². The van der Waals surface area contributed by atoms with Crippen LogP contribution >= 0.6 is 0 Å². The average Bonchev–Trinajstić information content (AvgIpc) is 3.16. The molecular weight excluding hydrogens is 338 g/mol. The average molecular weight is 363 g/mol. The third-order valence-corrected chi connectivity index (χ3v) is 4.30. The molecule has 0 saturated carbocycles. The van der Waals surface area contributed by atoms with Gasteiger partial charge in [0, 0.05) is 17.8 Å². The van der Waals surface area contributed by atoms with Crippen molar-refractivity contribution in [2.24, 2.45) is 5.73 Å². The first-order valence-electron chi connectivity index (χ1n) is 8.80. The van der Waals surface area contributed by atoms with E-state index in [-0.39, 0.29) is 23.5 Å². The van der Waals surface area contributed by atoms with Crippen molar-refractivity contribution in [2.45, 2.75) is 44.2 Å². The summed E-state index contributed by atoms with van der Waals surface area (Å²) in [4.78, 5) is 35.1. The summed E-state index contributed by atoms with van der Waals surface area (Å²) in [5, 5.41) is 19.3. The van der Waals surface area contributed by atoms with Crippen molar-refractivity contribution in [3.8, 4) is 0 Å². The highest BCUT2D eigenvalue weighted by Crippen LogP contribution is 2.16. The highest BCUT2D eigenvalue weighted by molar-refractivity contribution is 5.97. The monoisotopic (exact) mass is 363 g/mol. The maximum Gasteiger partial charge on any atom is 0.269 e. The van der Waals surface area contributed by atoms with Crippen LogP contribution in [0.2, 0.25) is 0 Å². The summed E-state index contributed by atoms with van der Waals surface area (Å²) in [6, 6.07) is 4.63. The molecule has 5 N–H and O–H groups in total. The number of nitrogens with one attached hydrogen (secondary N) is 3. The Hall–Kier alpha value is -2.52. The Kier molecular flexibility index (Phi) is 7.49. The van der Waals surface area contributed by atoms with Crippen molar-refractivity contribution in [3.05, 3.63) is 34.4 Å². The van der Waals surface area contributed by atoms with Gasteiger partial charge in [-0.05, 0) is 57.3 Å². The number of nitro groups is 1. The van der Waals surface area contributed by atoms with Gasteiger partial charge in [0.1, 0.15) is 6.04 Å². The minimum absolute atomic E-state index is 0.0527. The zero-order valence-electron chi connectivity index (χ0n) is 14.6. The largest absolute Gasteiger partial charge is 0.343 e. The van der Waals surface area contributed by atoms with Gasteiger partial charge in [-0.1, -0.05) is 0 Å². The molecule has 26 heavy (non-hydrogen) atoms. The molecule has 1 saturated heterocycles. The van der Waals surface area contributed by atoms with Crippen LogP contribution in [0.25, 0.3) is 0 Å². The molecule has 1 aliphatic heterocycles. The molecule has 1 fully saturated rings. The Labute approximate surface area is 151 Å². The van der Waals surface area contributed by atoms with Crippen LogP contribution < -0.4 is 21.7 Å². The summed E-state index contributed by atoms with van der Waals surface area (Å²) in [6.07, 6.45) is 3.65. The predicted molar refractivity (Wildman–Crippen MR) is 97.6 cm³/mol. The van der Waals surface area contributed by atoms with E-state index >= 15 is 0 Å². The second kappa shape index (κ2) is 9.83. The van der Waals surface area contributed by atoms with Crippen LogP contribution in [0.15, 0.2) is 24.3 Å². The number of non-ortho nitro benzene ring substituents is 1. The molecule has 1 heterocycles. The molecule has 0 aromatic heterocycles. The number of carbonyl (C=O) groups is 2. The molecular formula is C17H25N5O4. The van der Waals surface area contributed by atoms with Gasteiger partial charge < -0.3 is 21.7 Å². The smallest absolute Gasteiger partial charge is 0.269 e. The van der Waals surface area contributed by atoms with Crippen molar-refractivity contribution in [1.29, 1.82) is 0 Å². The van der Waals surface area contributed by atoms with Crippen LogP contribution in [-0.4, -0.2) is 41.9 Å². The molecule has 142 valence electrons. The predicted octanol–water partition coefficient (Wildman–Crippen LogP) is 0.899. The third-order valence-electron chi connectivity index (χ3n) is 4.30. The Morgan fingerprint density at radius 3 is 2.62 bits per heavy atom. The van der Waals surface area contributed by atoms with Crippen LogP contribution in [0.5, 0.6) is 0 Å². The second-order valence-corrected chi connectivity index (χ2v) is 6.29. The summed E-state index contributed by atoms with van der Waals surface area (Å²) < 4.78 is 0. The number of hydrogen-bond donors (Lipinski definition) is 4. The van der Waals surface area contributed by atoms with Gasteiger partial charge in [-0.3, -0.25) is 19.7 Å². The van der Waals surface area contributed by atoms with Crippen molar-refractivity contribution in [2.75, 3.05) is 18.4 Å². The lowest BCUT2D eigenvalue weighted by Gasteiger charge is -2.20. The van der Waals surface area contributed by atoms with E-state index in [2.05, 4.69) is 16.0 Å². The van der Waals surface area contributed by atoms with E-state index in [1.165, 1.54) is 24.3 Å². The minimum atomic E-state index is -0.674. The molecule has 9 nitrogen and oxygen atoms in total. The normalized spacial score (nSPS) is 17.5. The van der Waals surface area contributed by atoms with Gasteiger partial charge in [-0.2, -0.15) is 0 Å². The maximum absolute atomic E-state index is 12.6. The molecule has 9 heteroatoms. The van der Waals surface area contributed by atoms with Gasteiger partial charge in [-0.15, -0.1) is 0 Å². The van der Waals surface area contributed by atoms with Crippen LogP contribution in [0.1, 0.15) is 32.1 Å². The van der Waals surface area contributed by atoms with E-state index in [1.807, 2.05) is 0 Å². The number of nitrogens with two attached hydrogens (primary N) is 1. The van der Waals surface area contributed by atoms with Gasteiger partial charge in [0.05, 0.1) is 11.0 Å². The van der Waals surface area contributed by atoms with E-state index in [0.717, 1.165) is 25.8 Å². The number of nitro benzene ring substituents is 1. The van der Waals surface area contributed by atoms with E-state index in [0.29, 0.717) is 25.1 Å². The van der Waals surface area contributed by atoms with Gasteiger partial charge >= 0.3 is 0 Å². The molecule has 0 bridgehead atoms. The number of unbranched alkanes of at least 4 members (excludes halogenated alkanes) is 1. The number of nitrogens with zero attached hydrogens (tertiary/aromatic N) is 1. The summed E-state index contributed by atoms with van der Waals surface area (Å²) in [5.41, 5.74) is 5.89. The molecule has 2 atom stereocenters. The number of hydrogen-bond acceptors (Lipinski definition) is 6. The summed E-state index contributed by atoms with van der Waals surface area (Å²) in [7, 11) is 0. The van der Waals surface area contributed by atoms with E-state index < -0.39 is 11.0 Å². The fourth-order valence-corrected chi connectivity index (χ4v) is 2.84. The summed E-state index contributed by atoms with van der Waals surface area (Å²) in [5.74, 6) is -0.527. The summed E-state index contributed by atoms with van der Waals surface area (Å²) in [6.45, 7) is 1.32. The van der Waals surface area contributed by atoms with Crippen molar-refractivity contribution in [1.82, 2.24) is 10.6 Å². The number of rotatable bonds is 9. The first-order valence-corrected chi connectivity index (χ1v) is 8.80. The van der Waals surface area contributed by atoms with Gasteiger partial charge in [0.2, 0.25) is 11.8 Å². The summed E-state index contributed by atoms with van der Waals surface area (Å²) >= 11 is 0. The molecule has 1 aliphatic rings. The molecule has 0 radical (unpaired) electrons. The second-order valence-electron chi connectivity index (χ2n) is 6.29. The van der Waals surface area contributed by atoms with Gasteiger partial charge in [-0.25, -0.2) is 0 Å². The first-order chi connectivity index (χ1) is 12.5. The fraction of sp³-hybridized carbons (Fsp3) is 0.529. The molecule has 1 aromatic rings. The first kappa shape index (κ1) is 19.8. The maximum atomic E-state index is 12.6. The Balaban J connectivity index is 1.98. The fourth-order valence-electron chi connectivity index (χ4n) is 2.84. The number of benzene rings is 1. The topological polar surface area (TPSA) is 139 Å². The van der Waals surface area contributed by atoms with E-state index in [9.17, 15) is 19.7 Å². The van der Waals surface area contributed by atoms with Crippen LogP contribution in [0.4, 0.5) is 11.4 Å². The lowest BCUT2D eigenvalue weighted by atomic mass is 10.1. The van der Waals surface area contributed by atoms with Crippen molar-refractivity contribution < 1.29 is 14.5 Å². The van der Waals surface area contributed by atoms with Crippen LogP contribution in [0.3, 0.4) is 0 Å². The van der Waals surface area contributed by atoms with Crippen molar-refractivity contribution in [3.63, 3.8) is 0 Å². The Morgan fingerprint density at radius 1 is 1.31 bits per heavy atom. The van der Waals surface area contributed by atoms with Gasteiger partial charge in [0.25, 0.3) is 5.69 Å². The third kappa shape index (κ3) is 5.78. The zero-order valence-corrected chi connectivity index (χ0v) is 14.6. The van der Waals surface area contributed by atoms with Crippen LogP contribution in [-0.2, 0) is 9.59 Å². The van der Waals surface area contributed by atoms with Crippen molar-refractivity contribution >= 4 is 23.2 Å². The van der Waals surface area contributed by atoms with Gasteiger partial charge in [0.15, 0.2) is 0 Å².